The van der Waals surface area contributed by atoms with E-state index < -0.39 is 11.4 Å². The summed E-state index contributed by atoms with van der Waals surface area (Å²) in [6, 6.07) is 0. The standard InChI is InChI=1S/C12H22O4/c1-7-8-10(2,3)11(4,5)9(13)14-12(6)15-16-12/h7-8H2,1-6H3. The Bertz CT molecular complexity index is 277. The lowest BCUT2D eigenvalue weighted by Crippen LogP contribution is -2.42. The normalized spacial score (nSPS) is 19.4. The maximum atomic E-state index is 12.1. The minimum Gasteiger partial charge on any atom is -0.404 e. The average molecular weight is 230 g/mol. The van der Waals surface area contributed by atoms with E-state index in [2.05, 4.69) is 30.5 Å². The lowest BCUT2D eigenvalue weighted by atomic mass is 9.65. The minimum atomic E-state index is -1.16. The monoisotopic (exact) mass is 230 g/mol. The van der Waals surface area contributed by atoms with Gasteiger partial charge in [0, 0.05) is 6.92 Å². The minimum absolute atomic E-state index is 0.121. The molecule has 16 heavy (non-hydrogen) atoms. The topological polar surface area (TPSA) is 51.4 Å². The van der Waals surface area contributed by atoms with Crippen molar-refractivity contribution in [3.8, 4) is 0 Å². The van der Waals surface area contributed by atoms with Crippen LogP contribution in [0.15, 0.2) is 0 Å². The highest BCUT2D eigenvalue weighted by atomic mass is 17.4. The van der Waals surface area contributed by atoms with E-state index in [1.54, 1.807) is 6.92 Å². The summed E-state index contributed by atoms with van der Waals surface area (Å²) in [5, 5.41) is 0. The van der Waals surface area contributed by atoms with Crippen LogP contribution in [-0.2, 0) is 19.3 Å². The van der Waals surface area contributed by atoms with E-state index >= 15 is 0 Å². The van der Waals surface area contributed by atoms with E-state index in [0.29, 0.717) is 0 Å². The molecule has 94 valence electrons. The van der Waals surface area contributed by atoms with Crippen LogP contribution >= 0.6 is 0 Å². The fourth-order valence-electron chi connectivity index (χ4n) is 1.60. The summed E-state index contributed by atoms with van der Waals surface area (Å²) in [6.45, 7) is 11.6. The number of carbonyl (C=O) groups excluding carboxylic acids is 1. The van der Waals surface area contributed by atoms with Gasteiger partial charge in [0.15, 0.2) is 0 Å². The predicted molar refractivity (Wildman–Crippen MR) is 59.1 cm³/mol. The molecule has 4 heteroatoms. The van der Waals surface area contributed by atoms with E-state index in [4.69, 9.17) is 4.74 Å². The number of carbonyl (C=O) groups is 1. The van der Waals surface area contributed by atoms with Crippen molar-refractivity contribution in [1.29, 1.82) is 0 Å². The van der Waals surface area contributed by atoms with Crippen LogP contribution in [0.5, 0.6) is 0 Å². The zero-order valence-corrected chi connectivity index (χ0v) is 11.0. The quantitative estimate of drug-likeness (QED) is 0.414. The zero-order chi connectivity index (χ0) is 12.6. The van der Waals surface area contributed by atoms with Gasteiger partial charge in [-0.3, -0.25) is 4.79 Å². The molecule has 1 rings (SSSR count). The van der Waals surface area contributed by atoms with Crippen LogP contribution in [0.4, 0.5) is 0 Å². The molecule has 0 radical (unpaired) electrons. The Labute approximate surface area is 97.2 Å². The Hall–Kier alpha value is -0.610. The predicted octanol–water partition coefficient (Wildman–Crippen LogP) is 3.02. The number of esters is 1. The van der Waals surface area contributed by atoms with Gasteiger partial charge >= 0.3 is 11.9 Å². The first-order valence-electron chi connectivity index (χ1n) is 5.75. The highest BCUT2D eigenvalue weighted by Crippen LogP contribution is 2.45. The van der Waals surface area contributed by atoms with Gasteiger partial charge in [-0.15, -0.1) is 0 Å². The molecule has 0 saturated carbocycles. The average Bonchev–Trinajstić information content (AvgIpc) is 2.82. The Balaban J connectivity index is 2.71. The van der Waals surface area contributed by atoms with Crippen molar-refractivity contribution in [2.45, 2.75) is 60.4 Å². The van der Waals surface area contributed by atoms with E-state index in [1.807, 2.05) is 13.8 Å². The second-order valence-corrected chi connectivity index (χ2v) is 5.68. The highest BCUT2D eigenvalue weighted by Gasteiger charge is 2.53. The largest absolute Gasteiger partial charge is 0.404 e. The fraction of sp³-hybridized carbons (Fsp3) is 0.917. The van der Waals surface area contributed by atoms with E-state index in [9.17, 15) is 4.79 Å². The summed E-state index contributed by atoms with van der Waals surface area (Å²) < 4.78 is 5.16. The van der Waals surface area contributed by atoms with Crippen molar-refractivity contribution < 1.29 is 19.3 Å². The molecule has 4 nitrogen and oxygen atoms in total. The van der Waals surface area contributed by atoms with Crippen LogP contribution in [0.3, 0.4) is 0 Å². The molecule has 0 aromatic heterocycles. The van der Waals surface area contributed by atoms with Gasteiger partial charge in [0.2, 0.25) is 0 Å². The summed E-state index contributed by atoms with van der Waals surface area (Å²) in [7, 11) is 0. The summed E-state index contributed by atoms with van der Waals surface area (Å²) in [6.07, 6.45) is 2.00. The van der Waals surface area contributed by atoms with Crippen molar-refractivity contribution in [2.75, 3.05) is 0 Å². The Morgan fingerprint density at radius 1 is 1.25 bits per heavy atom. The molecule has 0 atom stereocenters. The molecule has 0 spiro atoms. The van der Waals surface area contributed by atoms with Crippen molar-refractivity contribution >= 4 is 5.97 Å². The molecule has 1 aliphatic rings. The molecule has 0 aliphatic carbocycles. The van der Waals surface area contributed by atoms with E-state index in [0.717, 1.165) is 12.8 Å². The highest BCUT2D eigenvalue weighted by molar-refractivity contribution is 5.77. The summed E-state index contributed by atoms with van der Waals surface area (Å²) in [5.74, 6) is -1.44. The second kappa shape index (κ2) is 4.00. The smallest absolute Gasteiger partial charge is 0.380 e. The van der Waals surface area contributed by atoms with Gasteiger partial charge in [-0.2, -0.15) is 9.78 Å². The second-order valence-electron chi connectivity index (χ2n) is 5.68. The van der Waals surface area contributed by atoms with Crippen molar-refractivity contribution in [2.24, 2.45) is 10.8 Å². The summed E-state index contributed by atoms with van der Waals surface area (Å²) in [4.78, 5) is 21.2. The van der Waals surface area contributed by atoms with Gasteiger partial charge in [-0.25, -0.2) is 0 Å². The number of ether oxygens (including phenoxy) is 1. The van der Waals surface area contributed by atoms with Crippen molar-refractivity contribution in [3.05, 3.63) is 0 Å². The molecule has 1 aliphatic heterocycles. The van der Waals surface area contributed by atoms with E-state index in [1.165, 1.54) is 0 Å². The molecule has 0 N–H and O–H groups in total. The Kier molecular flexibility index (Phi) is 3.37. The SMILES string of the molecule is CCCC(C)(C)C(C)(C)C(=O)OC1(C)OO1. The van der Waals surface area contributed by atoms with Crippen LogP contribution < -0.4 is 0 Å². The van der Waals surface area contributed by atoms with Gasteiger partial charge in [-0.05, 0) is 25.7 Å². The third-order valence-corrected chi connectivity index (χ3v) is 3.67. The Morgan fingerprint density at radius 3 is 2.12 bits per heavy atom. The molecular formula is C12H22O4. The molecular weight excluding hydrogens is 208 g/mol. The van der Waals surface area contributed by atoms with Crippen LogP contribution in [0.25, 0.3) is 0 Å². The lowest BCUT2D eigenvalue weighted by molar-refractivity contribution is -0.177. The van der Waals surface area contributed by atoms with Crippen LogP contribution in [0, 0.1) is 10.8 Å². The Morgan fingerprint density at radius 2 is 1.75 bits per heavy atom. The number of hydrogen-bond donors (Lipinski definition) is 0. The van der Waals surface area contributed by atoms with Gasteiger partial charge < -0.3 is 4.74 Å². The third kappa shape index (κ3) is 2.55. The molecule has 0 bridgehead atoms. The molecule has 1 heterocycles. The van der Waals surface area contributed by atoms with E-state index in [-0.39, 0.29) is 11.4 Å². The maximum absolute atomic E-state index is 12.1. The molecule has 0 aromatic rings. The van der Waals surface area contributed by atoms with Crippen LogP contribution in [0.1, 0.15) is 54.4 Å². The summed E-state index contributed by atoms with van der Waals surface area (Å²) >= 11 is 0. The molecule has 0 amide bonds. The van der Waals surface area contributed by atoms with Crippen LogP contribution in [-0.4, -0.2) is 11.9 Å². The first kappa shape index (κ1) is 13.5. The third-order valence-electron chi connectivity index (χ3n) is 3.67. The number of rotatable bonds is 5. The van der Waals surface area contributed by atoms with Gasteiger partial charge in [0.05, 0.1) is 5.41 Å². The zero-order valence-electron chi connectivity index (χ0n) is 11.0. The van der Waals surface area contributed by atoms with Crippen LogP contribution in [0.2, 0.25) is 0 Å². The van der Waals surface area contributed by atoms with Crippen molar-refractivity contribution in [1.82, 2.24) is 0 Å². The molecule has 0 aromatic carbocycles. The maximum Gasteiger partial charge on any atom is 0.380 e. The van der Waals surface area contributed by atoms with Gasteiger partial charge in [0.25, 0.3) is 0 Å². The first-order valence-corrected chi connectivity index (χ1v) is 5.75. The molecule has 1 saturated heterocycles. The first-order chi connectivity index (χ1) is 7.15. The molecule has 0 unspecified atom stereocenters. The van der Waals surface area contributed by atoms with Crippen molar-refractivity contribution in [3.63, 3.8) is 0 Å². The fourth-order valence-corrected chi connectivity index (χ4v) is 1.60. The van der Waals surface area contributed by atoms with Gasteiger partial charge in [-0.1, -0.05) is 27.2 Å². The molecule has 1 fully saturated rings. The van der Waals surface area contributed by atoms with Gasteiger partial charge in [0.1, 0.15) is 0 Å². The number of hydrogen-bond acceptors (Lipinski definition) is 4. The summed E-state index contributed by atoms with van der Waals surface area (Å²) in [5.41, 5.74) is -0.689. The lowest BCUT2D eigenvalue weighted by Gasteiger charge is -2.39.